The zero-order valence-electron chi connectivity index (χ0n) is 12.3. The van der Waals surface area contributed by atoms with Gasteiger partial charge in [0.25, 0.3) is 5.91 Å². The fourth-order valence-corrected chi connectivity index (χ4v) is 2.74. The largest absolute Gasteiger partial charge is 0.486 e. The minimum absolute atomic E-state index is 0. The summed E-state index contributed by atoms with van der Waals surface area (Å²) in [6.07, 6.45) is 0. The molecule has 2 heterocycles. The van der Waals surface area contributed by atoms with Crippen LogP contribution in [0.2, 0.25) is 0 Å². The zero-order chi connectivity index (χ0) is 14.1. The highest BCUT2D eigenvalue weighted by Gasteiger charge is 2.31. The van der Waals surface area contributed by atoms with Gasteiger partial charge in [-0.2, -0.15) is 0 Å². The lowest BCUT2D eigenvalue weighted by Gasteiger charge is -2.39. The third-order valence-electron chi connectivity index (χ3n) is 4.09. The van der Waals surface area contributed by atoms with Crippen LogP contribution in [0.1, 0.15) is 24.2 Å². The minimum Gasteiger partial charge on any atom is -0.486 e. The van der Waals surface area contributed by atoms with Gasteiger partial charge in [0.2, 0.25) is 0 Å². The van der Waals surface area contributed by atoms with E-state index in [-0.39, 0.29) is 24.4 Å². The first-order valence-corrected chi connectivity index (χ1v) is 7.11. The maximum Gasteiger partial charge on any atom is 0.258 e. The number of nitrogens with zero attached hydrogens (tertiary/aromatic N) is 1. The van der Waals surface area contributed by atoms with Crippen molar-refractivity contribution in [3.63, 3.8) is 0 Å². The summed E-state index contributed by atoms with van der Waals surface area (Å²) in [6.45, 7) is 6.74. The first-order chi connectivity index (χ1) is 9.68. The maximum atomic E-state index is 12.8. The van der Waals surface area contributed by atoms with Crippen LogP contribution < -0.4 is 14.8 Å². The van der Waals surface area contributed by atoms with Crippen LogP contribution in [0, 0.1) is 0 Å². The molecule has 6 heteroatoms. The number of fused-ring (bicyclic) bond motifs is 1. The van der Waals surface area contributed by atoms with Gasteiger partial charge in [0.1, 0.15) is 13.2 Å². The molecule has 0 aromatic heterocycles. The fourth-order valence-electron chi connectivity index (χ4n) is 2.74. The molecule has 0 bridgehead atoms. The Kier molecular flexibility index (Phi) is 4.96. The first-order valence-electron chi connectivity index (χ1n) is 7.11. The standard InChI is InChI=1S/C15H20N2O3.ClH/c1-10-11(2)17(7-6-16-10)15(18)12-4-3-5-13-14(12)20-9-8-19-13;/h3-5,10-11,16H,6-9H2,1-2H3;1H. The van der Waals surface area contributed by atoms with Gasteiger partial charge in [0, 0.05) is 25.2 Å². The van der Waals surface area contributed by atoms with E-state index in [0.29, 0.717) is 36.3 Å². The number of nitrogens with one attached hydrogen (secondary N) is 1. The van der Waals surface area contributed by atoms with E-state index in [0.717, 1.165) is 13.1 Å². The molecule has 1 aromatic rings. The normalized spacial score (nSPS) is 24.2. The van der Waals surface area contributed by atoms with Crippen molar-refractivity contribution >= 4 is 18.3 Å². The second kappa shape index (κ2) is 6.54. The van der Waals surface area contributed by atoms with Gasteiger partial charge in [0.05, 0.1) is 5.56 Å². The number of carbonyl (C=O) groups excluding carboxylic acids is 1. The van der Waals surface area contributed by atoms with Crippen molar-refractivity contribution in [2.45, 2.75) is 25.9 Å². The summed E-state index contributed by atoms with van der Waals surface area (Å²) in [5.74, 6) is 1.27. The van der Waals surface area contributed by atoms with E-state index in [1.807, 2.05) is 23.1 Å². The predicted octanol–water partition coefficient (Wildman–Crippen LogP) is 1.70. The molecule has 0 radical (unpaired) electrons. The van der Waals surface area contributed by atoms with Crippen molar-refractivity contribution in [1.82, 2.24) is 10.2 Å². The van der Waals surface area contributed by atoms with Crippen LogP contribution in [-0.2, 0) is 0 Å². The number of hydrogen-bond acceptors (Lipinski definition) is 4. The van der Waals surface area contributed by atoms with Gasteiger partial charge in [-0.25, -0.2) is 0 Å². The molecule has 3 rings (SSSR count). The average molecular weight is 313 g/mol. The highest BCUT2D eigenvalue weighted by Crippen LogP contribution is 2.34. The van der Waals surface area contributed by atoms with Gasteiger partial charge in [-0.05, 0) is 26.0 Å². The molecule has 116 valence electrons. The van der Waals surface area contributed by atoms with Crippen LogP contribution in [-0.4, -0.2) is 49.2 Å². The van der Waals surface area contributed by atoms with Gasteiger partial charge in [-0.1, -0.05) is 6.07 Å². The number of rotatable bonds is 1. The van der Waals surface area contributed by atoms with Crippen LogP contribution in [0.25, 0.3) is 0 Å². The van der Waals surface area contributed by atoms with Crippen LogP contribution >= 0.6 is 12.4 Å². The number of amides is 1. The summed E-state index contributed by atoms with van der Waals surface area (Å²) in [5.41, 5.74) is 0.600. The molecule has 0 saturated carbocycles. The summed E-state index contributed by atoms with van der Waals surface area (Å²) in [6, 6.07) is 5.96. The summed E-state index contributed by atoms with van der Waals surface area (Å²) in [7, 11) is 0. The molecule has 0 spiro atoms. The van der Waals surface area contributed by atoms with E-state index >= 15 is 0 Å². The van der Waals surface area contributed by atoms with Crippen molar-refractivity contribution in [3.05, 3.63) is 23.8 Å². The first kappa shape index (κ1) is 15.9. The SMILES string of the molecule is CC1NCCN(C(=O)c2cccc3c2OCCO3)C1C.Cl. The van der Waals surface area contributed by atoms with E-state index in [2.05, 4.69) is 19.2 Å². The monoisotopic (exact) mass is 312 g/mol. The number of hydrogen-bond donors (Lipinski definition) is 1. The Labute approximate surface area is 131 Å². The molecule has 2 atom stereocenters. The summed E-state index contributed by atoms with van der Waals surface area (Å²) >= 11 is 0. The second-order valence-corrected chi connectivity index (χ2v) is 5.31. The Morgan fingerprint density at radius 2 is 2.05 bits per heavy atom. The van der Waals surface area contributed by atoms with Crippen molar-refractivity contribution in [2.75, 3.05) is 26.3 Å². The minimum atomic E-state index is 0. The molecule has 21 heavy (non-hydrogen) atoms. The van der Waals surface area contributed by atoms with Crippen molar-refractivity contribution in [2.24, 2.45) is 0 Å². The molecule has 5 nitrogen and oxygen atoms in total. The Morgan fingerprint density at radius 1 is 1.29 bits per heavy atom. The van der Waals surface area contributed by atoms with Crippen molar-refractivity contribution in [3.8, 4) is 11.5 Å². The van der Waals surface area contributed by atoms with E-state index < -0.39 is 0 Å². The Balaban J connectivity index is 0.00000161. The fraction of sp³-hybridized carbons (Fsp3) is 0.533. The molecular formula is C15H21ClN2O3. The number of piperazine rings is 1. The van der Waals surface area contributed by atoms with Crippen molar-refractivity contribution < 1.29 is 14.3 Å². The van der Waals surface area contributed by atoms with E-state index in [4.69, 9.17) is 9.47 Å². The molecule has 1 saturated heterocycles. The van der Waals surface area contributed by atoms with Crippen LogP contribution in [0.4, 0.5) is 0 Å². The van der Waals surface area contributed by atoms with Crippen LogP contribution in [0.15, 0.2) is 18.2 Å². The number of halogens is 1. The molecule has 1 fully saturated rings. The Morgan fingerprint density at radius 3 is 2.86 bits per heavy atom. The summed E-state index contributed by atoms with van der Waals surface area (Å²) in [4.78, 5) is 14.7. The van der Waals surface area contributed by atoms with Crippen LogP contribution in [0.3, 0.4) is 0 Å². The highest BCUT2D eigenvalue weighted by atomic mass is 35.5. The lowest BCUT2D eigenvalue weighted by Crippen LogP contribution is -2.57. The number of benzene rings is 1. The van der Waals surface area contributed by atoms with Crippen molar-refractivity contribution in [1.29, 1.82) is 0 Å². The molecule has 0 aliphatic carbocycles. The van der Waals surface area contributed by atoms with Gasteiger partial charge in [-0.15, -0.1) is 12.4 Å². The molecule has 1 amide bonds. The topological polar surface area (TPSA) is 50.8 Å². The summed E-state index contributed by atoms with van der Waals surface area (Å²) < 4.78 is 11.2. The summed E-state index contributed by atoms with van der Waals surface area (Å²) in [5, 5.41) is 3.38. The van der Waals surface area contributed by atoms with E-state index in [1.54, 1.807) is 0 Å². The number of carbonyl (C=O) groups is 1. The lowest BCUT2D eigenvalue weighted by molar-refractivity contribution is 0.0593. The molecule has 2 aliphatic rings. The maximum absolute atomic E-state index is 12.8. The lowest BCUT2D eigenvalue weighted by atomic mass is 10.0. The Hall–Kier alpha value is -1.46. The molecular weight excluding hydrogens is 292 g/mol. The van der Waals surface area contributed by atoms with Gasteiger partial charge < -0.3 is 19.7 Å². The molecule has 2 aliphatic heterocycles. The van der Waals surface area contributed by atoms with Crippen LogP contribution in [0.5, 0.6) is 11.5 Å². The number of ether oxygens (including phenoxy) is 2. The molecule has 1 N–H and O–H groups in total. The average Bonchev–Trinajstić information content (AvgIpc) is 2.49. The quantitative estimate of drug-likeness (QED) is 0.857. The highest BCUT2D eigenvalue weighted by molar-refractivity contribution is 5.98. The number of para-hydroxylation sites is 1. The van der Waals surface area contributed by atoms with Gasteiger partial charge in [-0.3, -0.25) is 4.79 Å². The third kappa shape index (κ3) is 2.94. The predicted molar refractivity (Wildman–Crippen MR) is 82.6 cm³/mol. The van der Waals surface area contributed by atoms with Gasteiger partial charge in [0.15, 0.2) is 11.5 Å². The second-order valence-electron chi connectivity index (χ2n) is 5.31. The zero-order valence-corrected chi connectivity index (χ0v) is 13.1. The van der Waals surface area contributed by atoms with Gasteiger partial charge >= 0.3 is 0 Å². The van der Waals surface area contributed by atoms with E-state index in [9.17, 15) is 4.79 Å². The smallest absolute Gasteiger partial charge is 0.258 e. The Bertz CT molecular complexity index is 524. The van der Waals surface area contributed by atoms with E-state index in [1.165, 1.54) is 0 Å². The molecule has 2 unspecified atom stereocenters. The molecule has 1 aromatic carbocycles. The third-order valence-corrected chi connectivity index (χ3v) is 4.09.